The van der Waals surface area contributed by atoms with Crippen LogP contribution in [0.15, 0.2) is 24.3 Å². The molecule has 102 valence electrons. The van der Waals surface area contributed by atoms with Gasteiger partial charge in [-0.1, -0.05) is 12.1 Å². The fourth-order valence-electron chi connectivity index (χ4n) is 1.24. The van der Waals surface area contributed by atoms with E-state index in [4.69, 9.17) is 5.14 Å². The van der Waals surface area contributed by atoms with Crippen molar-refractivity contribution >= 4 is 10.0 Å². The lowest BCUT2D eigenvalue weighted by Gasteiger charge is -2.06. The van der Waals surface area contributed by atoms with Crippen LogP contribution in [0.25, 0.3) is 0 Å². The Hall–Kier alpha value is -1.25. The molecule has 0 spiro atoms. The van der Waals surface area contributed by atoms with E-state index in [0.717, 1.165) is 5.56 Å². The Morgan fingerprint density at radius 1 is 1.28 bits per heavy atom. The van der Waals surface area contributed by atoms with Crippen LogP contribution in [0, 0.1) is 0 Å². The van der Waals surface area contributed by atoms with Crippen molar-refractivity contribution in [3.8, 4) is 5.75 Å². The molecule has 0 unspecified atom stereocenters. The molecule has 8 heteroatoms. The molecule has 1 rings (SSSR count). The predicted octanol–water partition coefficient (Wildman–Crippen LogP) is 0.666. The van der Waals surface area contributed by atoms with Gasteiger partial charge in [-0.2, -0.15) is 8.78 Å². The minimum absolute atomic E-state index is 0.0817. The third kappa shape index (κ3) is 6.48. The van der Waals surface area contributed by atoms with Crippen molar-refractivity contribution in [1.29, 1.82) is 0 Å². The quantitative estimate of drug-likeness (QED) is 0.719. The molecule has 18 heavy (non-hydrogen) atoms. The number of hydrogen-bond donors (Lipinski definition) is 2. The summed E-state index contributed by atoms with van der Waals surface area (Å²) in [4.78, 5) is 0. The van der Waals surface area contributed by atoms with E-state index < -0.39 is 16.6 Å². The van der Waals surface area contributed by atoms with Crippen molar-refractivity contribution in [3.05, 3.63) is 29.8 Å². The maximum atomic E-state index is 11.9. The van der Waals surface area contributed by atoms with E-state index in [1.165, 1.54) is 12.1 Å². The molecule has 0 saturated heterocycles. The van der Waals surface area contributed by atoms with Crippen LogP contribution < -0.4 is 15.2 Å². The van der Waals surface area contributed by atoms with Crippen molar-refractivity contribution in [2.75, 3.05) is 12.3 Å². The van der Waals surface area contributed by atoms with Gasteiger partial charge in [-0.25, -0.2) is 13.6 Å². The number of rotatable bonds is 7. The molecule has 0 saturated carbocycles. The molecule has 1 aromatic rings. The first kappa shape index (κ1) is 14.8. The maximum absolute atomic E-state index is 11.9. The van der Waals surface area contributed by atoms with Gasteiger partial charge in [-0.3, -0.25) is 0 Å². The number of halogens is 2. The van der Waals surface area contributed by atoms with Gasteiger partial charge in [0.1, 0.15) is 5.75 Å². The third-order valence-electron chi connectivity index (χ3n) is 2.04. The Bertz CT molecular complexity index is 463. The van der Waals surface area contributed by atoms with Crippen molar-refractivity contribution < 1.29 is 21.9 Å². The van der Waals surface area contributed by atoms with Gasteiger partial charge in [0.25, 0.3) is 0 Å². The Morgan fingerprint density at radius 2 is 1.89 bits per heavy atom. The highest BCUT2D eigenvalue weighted by Crippen LogP contribution is 2.14. The first-order chi connectivity index (χ1) is 8.37. The Balaban J connectivity index is 2.35. The molecule has 0 atom stereocenters. The number of nitrogens with one attached hydrogen (secondary N) is 1. The van der Waals surface area contributed by atoms with Crippen molar-refractivity contribution in [2.24, 2.45) is 5.14 Å². The smallest absolute Gasteiger partial charge is 0.387 e. The highest BCUT2D eigenvalue weighted by molar-refractivity contribution is 7.89. The predicted molar refractivity (Wildman–Crippen MR) is 62.8 cm³/mol. The average Bonchev–Trinajstić information content (AvgIpc) is 2.24. The zero-order valence-corrected chi connectivity index (χ0v) is 10.3. The summed E-state index contributed by atoms with van der Waals surface area (Å²) in [6.45, 7) is -2.19. The Kier molecular flexibility index (Phi) is 5.45. The number of ether oxygens (including phenoxy) is 1. The van der Waals surface area contributed by atoms with Crippen LogP contribution in [0.1, 0.15) is 5.56 Å². The fourth-order valence-corrected chi connectivity index (χ4v) is 1.66. The van der Waals surface area contributed by atoms with E-state index in [2.05, 4.69) is 10.1 Å². The minimum Gasteiger partial charge on any atom is -0.435 e. The number of alkyl halides is 2. The standard InChI is InChI=1S/C10H14F2N2O3S/c11-10(12)17-9-3-1-8(2-4-9)7-14-5-6-18(13,15)16/h1-4,10,14H,5-7H2,(H2,13,15,16). The summed E-state index contributed by atoms with van der Waals surface area (Å²) in [5.74, 6) is -0.0715. The summed E-state index contributed by atoms with van der Waals surface area (Å²) in [5.41, 5.74) is 0.825. The van der Waals surface area contributed by atoms with Crippen LogP contribution in [0.3, 0.4) is 0 Å². The summed E-state index contributed by atoms with van der Waals surface area (Å²) in [5, 5.41) is 7.70. The van der Waals surface area contributed by atoms with E-state index in [-0.39, 0.29) is 18.0 Å². The molecule has 0 aromatic heterocycles. The lowest BCUT2D eigenvalue weighted by atomic mass is 10.2. The molecule has 0 amide bonds. The molecule has 5 nitrogen and oxygen atoms in total. The molecule has 0 fully saturated rings. The lowest BCUT2D eigenvalue weighted by Crippen LogP contribution is -2.26. The van der Waals surface area contributed by atoms with Crippen molar-refractivity contribution in [2.45, 2.75) is 13.2 Å². The fraction of sp³-hybridized carbons (Fsp3) is 0.400. The zero-order valence-electron chi connectivity index (χ0n) is 9.47. The SMILES string of the molecule is NS(=O)(=O)CCNCc1ccc(OC(F)F)cc1. The van der Waals surface area contributed by atoms with Gasteiger partial charge in [-0.15, -0.1) is 0 Å². The van der Waals surface area contributed by atoms with Gasteiger partial charge in [0.2, 0.25) is 10.0 Å². The van der Waals surface area contributed by atoms with E-state index in [9.17, 15) is 17.2 Å². The van der Waals surface area contributed by atoms with E-state index in [1.54, 1.807) is 12.1 Å². The summed E-state index contributed by atoms with van der Waals surface area (Å²) in [6, 6.07) is 6.06. The average molecular weight is 280 g/mol. The van der Waals surface area contributed by atoms with E-state index in [0.29, 0.717) is 6.54 Å². The van der Waals surface area contributed by atoms with Crippen molar-refractivity contribution in [1.82, 2.24) is 5.32 Å². The van der Waals surface area contributed by atoms with Crippen LogP contribution in [0.4, 0.5) is 8.78 Å². The normalized spacial score (nSPS) is 11.8. The molecule has 0 radical (unpaired) electrons. The van der Waals surface area contributed by atoms with E-state index >= 15 is 0 Å². The number of nitrogens with two attached hydrogens (primary N) is 1. The second-order valence-corrected chi connectivity index (χ2v) is 5.30. The van der Waals surface area contributed by atoms with Gasteiger partial charge in [0, 0.05) is 13.1 Å². The van der Waals surface area contributed by atoms with Crippen molar-refractivity contribution in [3.63, 3.8) is 0 Å². The monoisotopic (exact) mass is 280 g/mol. The number of benzene rings is 1. The van der Waals surface area contributed by atoms with Gasteiger partial charge in [0.15, 0.2) is 0 Å². The highest BCUT2D eigenvalue weighted by atomic mass is 32.2. The third-order valence-corrected chi connectivity index (χ3v) is 2.81. The number of hydrogen-bond acceptors (Lipinski definition) is 4. The maximum Gasteiger partial charge on any atom is 0.387 e. The molecule has 0 aliphatic carbocycles. The van der Waals surface area contributed by atoms with Crippen LogP contribution in [-0.4, -0.2) is 27.3 Å². The van der Waals surface area contributed by atoms with Crippen LogP contribution in [0.5, 0.6) is 5.75 Å². The summed E-state index contributed by atoms with van der Waals surface area (Å²) in [7, 11) is -3.46. The summed E-state index contributed by atoms with van der Waals surface area (Å²) >= 11 is 0. The Labute approximate surface area is 104 Å². The molecule has 0 heterocycles. The van der Waals surface area contributed by atoms with Crippen LogP contribution in [-0.2, 0) is 16.6 Å². The van der Waals surface area contributed by atoms with Gasteiger partial charge in [0.05, 0.1) is 5.75 Å². The second-order valence-electron chi connectivity index (χ2n) is 3.57. The largest absolute Gasteiger partial charge is 0.435 e. The Morgan fingerprint density at radius 3 is 2.39 bits per heavy atom. The first-order valence-electron chi connectivity index (χ1n) is 5.12. The number of primary sulfonamides is 1. The highest BCUT2D eigenvalue weighted by Gasteiger charge is 2.04. The number of sulfonamides is 1. The lowest BCUT2D eigenvalue weighted by molar-refractivity contribution is -0.0498. The summed E-state index contributed by atoms with van der Waals surface area (Å²) in [6.07, 6.45) is 0. The van der Waals surface area contributed by atoms with Crippen LogP contribution >= 0.6 is 0 Å². The molecular formula is C10H14F2N2O3S. The molecule has 0 aliphatic heterocycles. The topological polar surface area (TPSA) is 81.4 Å². The van der Waals surface area contributed by atoms with E-state index in [1.807, 2.05) is 0 Å². The summed E-state index contributed by atoms with van der Waals surface area (Å²) < 4.78 is 49.2. The van der Waals surface area contributed by atoms with Gasteiger partial charge in [-0.05, 0) is 17.7 Å². The zero-order chi connectivity index (χ0) is 13.6. The molecule has 1 aromatic carbocycles. The molecule has 0 aliphatic rings. The molecule has 0 bridgehead atoms. The first-order valence-corrected chi connectivity index (χ1v) is 6.83. The van der Waals surface area contributed by atoms with Gasteiger partial charge < -0.3 is 10.1 Å². The minimum atomic E-state index is -3.46. The molecular weight excluding hydrogens is 266 g/mol. The van der Waals surface area contributed by atoms with Gasteiger partial charge >= 0.3 is 6.61 Å². The van der Waals surface area contributed by atoms with Crippen LogP contribution in [0.2, 0.25) is 0 Å². The molecule has 3 N–H and O–H groups in total. The second kappa shape index (κ2) is 6.62.